The first-order valence-electron chi connectivity index (χ1n) is 7.07. The van der Waals surface area contributed by atoms with Gasteiger partial charge in [0.1, 0.15) is 10.6 Å². The van der Waals surface area contributed by atoms with Crippen LogP contribution in [0.1, 0.15) is 32.8 Å². The molecule has 1 saturated heterocycles. The maximum Gasteiger partial charge on any atom is 0.410 e. The summed E-state index contributed by atoms with van der Waals surface area (Å²) in [5, 5.41) is 0.504. The zero-order chi connectivity index (χ0) is 15.6. The molecule has 0 N–H and O–H groups in total. The average molecular weight is 310 g/mol. The summed E-state index contributed by atoms with van der Waals surface area (Å²) in [5.41, 5.74) is 0.532. The maximum absolute atomic E-state index is 12.5. The minimum Gasteiger partial charge on any atom is -0.444 e. The van der Waals surface area contributed by atoms with E-state index in [4.69, 9.17) is 4.74 Å². The Morgan fingerprint density at radius 1 is 1.43 bits per heavy atom. The quantitative estimate of drug-likeness (QED) is 0.842. The molecule has 5 nitrogen and oxygen atoms in total. The van der Waals surface area contributed by atoms with Gasteiger partial charge in [-0.05, 0) is 45.7 Å². The van der Waals surface area contributed by atoms with Crippen LogP contribution in [0.3, 0.4) is 0 Å². The second-order valence-electron chi connectivity index (χ2n) is 6.31. The summed E-state index contributed by atoms with van der Waals surface area (Å²) in [6.07, 6.45) is 2.09. The third-order valence-corrected chi connectivity index (χ3v) is 4.83. The fourth-order valence-electron chi connectivity index (χ4n) is 2.14. The maximum atomic E-state index is 12.5. The zero-order valence-corrected chi connectivity index (χ0v) is 13.8. The highest BCUT2D eigenvalue weighted by molar-refractivity contribution is 7.85. The molecule has 1 fully saturated rings. The number of aromatic nitrogens is 1. The Labute approximate surface area is 128 Å². The summed E-state index contributed by atoms with van der Waals surface area (Å²) in [6, 6.07) is 3.70. The van der Waals surface area contributed by atoms with Crippen molar-refractivity contribution in [3.63, 3.8) is 0 Å². The van der Waals surface area contributed by atoms with Gasteiger partial charge in [-0.1, -0.05) is 6.07 Å². The van der Waals surface area contributed by atoms with Crippen molar-refractivity contribution in [3.05, 3.63) is 23.9 Å². The first kappa shape index (κ1) is 15.9. The number of carbonyl (C=O) groups is 1. The van der Waals surface area contributed by atoms with Crippen LogP contribution in [0.2, 0.25) is 0 Å². The number of amides is 1. The standard InChI is InChI=1S/C15H22N2O3S/c1-11-5-6-13(16-9-11)21(19)12-7-8-17(10-12)14(18)20-15(2,3)4/h5-6,9,12H,7-8,10H2,1-4H3/t12-,21?/m1/s1. The number of ether oxygens (including phenoxy) is 1. The second-order valence-corrected chi connectivity index (χ2v) is 7.99. The summed E-state index contributed by atoms with van der Waals surface area (Å²) in [5.74, 6) is 0. The number of hydrogen-bond donors (Lipinski definition) is 0. The van der Waals surface area contributed by atoms with Crippen LogP contribution < -0.4 is 0 Å². The van der Waals surface area contributed by atoms with Crippen LogP contribution in [0.25, 0.3) is 0 Å². The molecule has 1 unspecified atom stereocenters. The molecule has 0 spiro atoms. The summed E-state index contributed by atoms with van der Waals surface area (Å²) >= 11 is 0. The van der Waals surface area contributed by atoms with E-state index in [2.05, 4.69) is 4.98 Å². The fraction of sp³-hybridized carbons (Fsp3) is 0.600. The van der Waals surface area contributed by atoms with E-state index in [0.717, 1.165) is 5.56 Å². The average Bonchev–Trinajstić information content (AvgIpc) is 2.86. The van der Waals surface area contributed by atoms with Crippen LogP contribution in [-0.4, -0.2) is 44.1 Å². The molecule has 0 aliphatic carbocycles. The molecular weight excluding hydrogens is 288 g/mol. The molecule has 1 aromatic heterocycles. The van der Waals surface area contributed by atoms with Crippen molar-refractivity contribution < 1.29 is 13.7 Å². The van der Waals surface area contributed by atoms with Gasteiger partial charge in [-0.15, -0.1) is 0 Å². The molecule has 21 heavy (non-hydrogen) atoms. The Balaban J connectivity index is 1.97. The van der Waals surface area contributed by atoms with Crippen molar-refractivity contribution in [2.45, 2.75) is 50.0 Å². The Bertz CT molecular complexity index is 537. The van der Waals surface area contributed by atoms with Crippen LogP contribution >= 0.6 is 0 Å². The smallest absolute Gasteiger partial charge is 0.410 e. The molecule has 1 amide bonds. The number of aryl methyl sites for hydroxylation is 1. The van der Waals surface area contributed by atoms with E-state index < -0.39 is 16.4 Å². The number of nitrogens with zero attached hydrogens (tertiary/aromatic N) is 2. The van der Waals surface area contributed by atoms with Gasteiger partial charge in [-0.2, -0.15) is 0 Å². The SMILES string of the molecule is Cc1ccc(S(=O)[C@@H]2CCN(C(=O)OC(C)(C)C)C2)nc1. The molecule has 2 atom stereocenters. The molecule has 2 rings (SSSR count). The Hall–Kier alpha value is -1.43. The number of pyridine rings is 1. The topological polar surface area (TPSA) is 59.5 Å². The molecule has 2 heterocycles. The predicted molar refractivity (Wildman–Crippen MR) is 81.6 cm³/mol. The zero-order valence-electron chi connectivity index (χ0n) is 13.0. The molecule has 1 aromatic rings. The van der Waals surface area contributed by atoms with Gasteiger partial charge in [0.05, 0.1) is 16.0 Å². The van der Waals surface area contributed by atoms with Crippen LogP contribution in [-0.2, 0) is 15.5 Å². The van der Waals surface area contributed by atoms with Crippen LogP contribution in [0.15, 0.2) is 23.4 Å². The second kappa shape index (κ2) is 6.13. The van der Waals surface area contributed by atoms with Gasteiger partial charge in [0.25, 0.3) is 0 Å². The van der Waals surface area contributed by atoms with Crippen molar-refractivity contribution >= 4 is 16.9 Å². The van der Waals surface area contributed by atoms with Crippen molar-refractivity contribution in [1.29, 1.82) is 0 Å². The van der Waals surface area contributed by atoms with Crippen LogP contribution in [0, 0.1) is 6.92 Å². The van der Waals surface area contributed by atoms with Crippen LogP contribution in [0.5, 0.6) is 0 Å². The van der Waals surface area contributed by atoms with E-state index in [1.807, 2.05) is 33.8 Å². The highest BCUT2D eigenvalue weighted by Crippen LogP contribution is 2.21. The largest absolute Gasteiger partial charge is 0.444 e. The molecule has 1 aliphatic rings. The Morgan fingerprint density at radius 2 is 2.14 bits per heavy atom. The van der Waals surface area contributed by atoms with Gasteiger partial charge in [0.15, 0.2) is 0 Å². The monoisotopic (exact) mass is 310 g/mol. The van der Waals surface area contributed by atoms with Gasteiger partial charge >= 0.3 is 6.09 Å². The van der Waals surface area contributed by atoms with E-state index in [0.29, 0.717) is 24.5 Å². The number of likely N-dealkylation sites (tertiary alicyclic amines) is 1. The van der Waals surface area contributed by atoms with Gasteiger partial charge in [-0.25, -0.2) is 9.78 Å². The van der Waals surface area contributed by atoms with E-state index in [1.165, 1.54) is 0 Å². The van der Waals surface area contributed by atoms with Crippen molar-refractivity contribution in [3.8, 4) is 0 Å². The van der Waals surface area contributed by atoms with Gasteiger partial charge in [0, 0.05) is 19.3 Å². The predicted octanol–water partition coefficient (Wildman–Crippen LogP) is 2.51. The highest BCUT2D eigenvalue weighted by atomic mass is 32.2. The van der Waals surface area contributed by atoms with E-state index in [-0.39, 0.29) is 11.3 Å². The van der Waals surface area contributed by atoms with E-state index in [1.54, 1.807) is 17.2 Å². The van der Waals surface area contributed by atoms with Crippen molar-refractivity contribution in [2.75, 3.05) is 13.1 Å². The molecule has 0 bridgehead atoms. The van der Waals surface area contributed by atoms with E-state index in [9.17, 15) is 9.00 Å². The van der Waals surface area contributed by atoms with Gasteiger partial charge in [0.2, 0.25) is 0 Å². The first-order chi connectivity index (χ1) is 9.76. The number of hydrogen-bond acceptors (Lipinski definition) is 4. The lowest BCUT2D eigenvalue weighted by Crippen LogP contribution is -2.36. The normalized spacial score (nSPS) is 20.4. The Kier molecular flexibility index (Phi) is 4.66. The van der Waals surface area contributed by atoms with Crippen molar-refractivity contribution in [1.82, 2.24) is 9.88 Å². The molecule has 0 saturated carbocycles. The molecule has 0 aromatic carbocycles. The lowest BCUT2D eigenvalue weighted by molar-refractivity contribution is 0.0295. The lowest BCUT2D eigenvalue weighted by Gasteiger charge is -2.24. The summed E-state index contributed by atoms with van der Waals surface area (Å²) in [4.78, 5) is 17.8. The minimum atomic E-state index is -1.19. The molecular formula is C15H22N2O3S. The number of carbonyl (C=O) groups excluding carboxylic acids is 1. The third kappa shape index (κ3) is 4.27. The summed E-state index contributed by atoms with van der Waals surface area (Å²) in [7, 11) is -1.19. The minimum absolute atomic E-state index is 0.0762. The fourth-order valence-corrected chi connectivity index (χ4v) is 3.47. The van der Waals surface area contributed by atoms with Crippen LogP contribution in [0.4, 0.5) is 4.79 Å². The Morgan fingerprint density at radius 3 is 2.71 bits per heavy atom. The number of rotatable bonds is 2. The van der Waals surface area contributed by atoms with E-state index >= 15 is 0 Å². The summed E-state index contributed by atoms with van der Waals surface area (Å²) < 4.78 is 17.8. The molecule has 0 radical (unpaired) electrons. The highest BCUT2D eigenvalue weighted by Gasteiger charge is 2.33. The first-order valence-corrected chi connectivity index (χ1v) is 8.29. The third-order valence-electron chi connectivity index (χ3n) is 3.19. The molecule has 6 heteroatoms. The molecule has 116 valence electrons. The molecule has 1 aliphatic heterocycles. The van der Waals surface area contributed by atoms with Gasteiger partial charge < -0.3 is 9.64 Å². The lowest BCUT2D eigenvalue weighted by atomic mass is 10.2. The van der Waals surface area contributed by atoms with Crippen molar-refractivity contribution in [2.24, 2.45) is 0 Å². The summed E-state index contributed by atoms with van der Waals surface area (Å²) in [6.45, 7) is 8.50. The van der Waals surface area contributed by atoms with Gasteiger partial charge in [-0.3, -0.25) is 4.21 Å².